The average molecular weight is 129 g/mol. The van der Waals surface area contributed by atoms with E-state index >= 15 is 0 Å². The second-order valence-corrected chi connectivity index (χ2v) is 2.27. The van der Waals surface area contributed by atoms with Crippen LogP contribution in [0.1, 0.15) is 0 Å². The van der Waals surface area contributed by atoms with Crippen LogP contribution in [0.25, 0.3) is 0 Å². The van der Waals surface area contributed by atoms with Crippen LogP contribution in [0.2, 0.25) is 0 Å². The standard InChI is InChI=1S/C6H13N2O/c1-6(9)8-4-2-7-3-5-8/h6-7,9H,1-5H2. The van der Waals surface area contributed by atoms with Gasteiger partial charge < -0.3 is 10.4 Å². The van der Waals surface area contributed by atoms with E-state index in [4.69, 9.17) is 5.11 Å². The normalized spacial score (nSPS) is 26.0. The molecule has 1 rings (SSSR count). The summed E-state index contributed by atoms with van der Waals surface area (Å²) in [6.45, 7) is 7.26. The molecule has 0 saturated carbocycles. The van der Waals surface area contributed by atoms with Crippen molar-refractivity contribution in [1.82, 2.24) is 10.2 Å². The van der Waals surface area contributed by atoms with Gasteiger partial charge in [-0.2, -0.15) is 0 Å². The van der Waals surface area contributed by atoms with E-state index < -0.39 is 6.23 Å². The molecule has 0 aromatic carbocycles. The number of aliphatic hydroxyl groups excluding tert-OH is 1. The first-order valence-electron chi connectivity index (χ1n) is 3.26. The zero-order valence-corrected chi connectivity index (χ0v) is 5.51. The topological polar surface area (TPSA) is 35.5 Å². The summed E-state index contributed by atoms with van der Waals surface area (Å²) >= 11 is 0. The van der Waals surface area contributed by atoms with Gasteiger partial charge in [0.05, 0.1) is 0 Å². The van der Waals surface area contributed by atoms with Crippen molar-refractivity contribution in [3.63, 3.8) is 0 Å². The van der Waals surface area contributed by atoms with Crippen molar-refractivity contribution in [2.45, 2.75) is 6.23 Å². The van der Waals surface area contributed by atoms with Crippen molar-refractivity contribution in [2.24, 2.45) is 0 Å². The third-order valence-electron chi connectivity index (χ3n) is 1.57. The fourth-order valence-electron chi connectivity index (χ4n) is 0.980. The van der Waals surface area contributed by atoms with Gasteiger partial charge in [-0.05, 0) is 6.92 Å². The Morgan fingerprint density at radius 2 is 2.00 bits per heavy atom. The van der Waals surface area contributed by atoms with E-state index in [-0.39, 0.29) is 0 Å². The maximum Gasteiger partial charge on any atom is 0.107 e. The highest BCUT2D eigenvalue weighted by Gasteiger charge is 2.12. The molecule has 1 heterocycles. The number of hydrogen-bond donors (Lipinski definition) is 2. The minimum absolute atomic E-state index is 0.521. The van der Waals surface area contributed by atoms with Crippen LogP contribution < -0.4 is 5.32 Å². The van der Waals surface area contributed by atoms with Crippen molar-refractivity contribution < 1.29 is 5.11 Å². The lowest BCUT2D eigenvalue weighted by Crippen LogP contribution is -2.47. The minimum atomic E-state index is -0.521. The van der Waals surface area contributed by atoms with Crippen LogP contribution in [0.5, 0.6) is 0 Å². The summed E-state index contributed by atoms with van der Waals surface area (Å²) in [7, 11) is 0. The van der Waals surface area contributed by atoms with Gasteiger partial charge in [-0.15, -0.1) is 0 Å². The maximum absolute atomic E-state index is 8.96. The van der Waals surface area contributed by atoms with Gasteiger partial charge in [-0.25, -0.2) is 0 Å². The van der Waals surface area contributed by atoms with Crippen LogP contribution >= 0.6 is 0 Å². The molecule has 1 saturated heterocycles. The Bertz CT molecular complexity index is 79.1. The highest BCUT2D eigenvalue weighted by atomic mass is 16.3. The summed E-state index contributed by atoms with van der Waals surface area (Å²) in [4.78, 5) is 1.94. The Morgan fingerprint density at radius 3 is 2.33 bits per heavy atom. The predicted molar refractivity (Wildman–Crippen MR) is 35.8 cm³/mol. The number of rotatable bonds is 1. The highest BCUT2D eigenvalue weighted by Crippen LogP contribution is 1.95. The molecule has 0 bridgehead atoms. The van der Waals surface area contributed by atoms with Gasteiger partial charge in [-0.3, -0.25) is 4.90 Å². The lowest BCUT2D eigenvalue weighted by atomic mass is 10.3. The lowest BCUT2D eigenvalue weighted by Gasteiger charge is -2.29. The van der Waals surface area contributed by atoms with Crippen LogP contribution in [0.3, 0.4) is 0 Å². The molecule has 3 heteroatoms. The Hall–Kier alpha value is -0.120. The summed E-state index contributed by atoms with van der Waals surface area (Å²) in [5.41, 5.74) is 0. The molecule has 1 aliphatic rings. The second-order valence-electron chi connectivity index (χ2n) is 2.27. The quantitative estimate of drug-likeness (QED) is 0.479. The second kappa shape index (κ2) is 3.15. The highest BCUT2D eigenvalue weighted by molar-refractivity contribution is 4.70. The van der Waals surface area contributed by atoms with Crippen molar-refractivity contribution >= 4 is 0 Å². The SMILES string of the molecule is [CH2]C(O)N1CCNCC1. The molecule has 3 nitrogen and oxygen atoms in total. The van der Waals surface area contributed by atoms with Crippen molar-refractivity contribution in [3.8, 4) is 0 Å². The van der Waals surface area contributed by atoms with E-state index in [1.807, 2.05) is 4.90 Å². The molecule has 1 atom stereocenters. The molecule has 0 amide bonds. The third kappa shape index (κ3) is 1.93. The van der Waals surface area contributed by atoms with E-state index in [9.17, 15) is 0 Å². The smallest absolute Gasteiger partial charge is 0.107 e. The molecule has 0 aromatic rings. The number of hydrogen-bond acceptors (Lipinski definition) is 3. The zero-order valence-electron chi connectivity index (χ0n) is 5.51. The zero-order chi connectivity index (χ0) is 6.69. The molecule has 2 N–H and O–H groups in total. The van der Waals surface area contributed by atoms with Crippen LogP contribution in [0.15, 0.2) is 0 Å². The van der Waals surface area contributed by atoms with Crippen LogP contribution in [0, 0.1) is 6.92 Å². The molecule has 1 unspecified atom stereocenters. The van der Waals surface area contributed by atoms with Gasteiger partial charge in [0.1, 0.15) is 6.23 Å². The fourth-order valence-corrected chi connectivity index (χ4v) is 0.980. The Kier molecular flexibility index (Phi) is 2.45. The van der Waals surface area contributed by atoms with Crippen LogP contribution in [-0.2, 0) is 0 Å². The average Bonchev–Trinajstić information content (AvgIpc) is 1.90. The van der Waals surface area contributed by atoms with E-state index in [1.165, 1.54) is 0 Å². The molecule has 1 radical (unpaired) electrons. The molecule has 1 fully saturated rings. The van der Waals surface area contributed by atoms with E-state index in [2.05, 4.69) is 12.2 Å². The summed E-state index contributed by atoms with van der Waals surface area (Å²) in [6.07, 6.45) is -0.521. The van der Waals surface area contributed by atoms with E-state index in [0.29, 0.717) is 0 Å². The molecule has 1 aliphatic heterocycles. The van der Waals surface area contributed by atoms with Gasteiger partial charge in [0.2, 0.25) is 0 Å². The number of aliphatic hydroxyl groups is 1. The van der Waals surface area contributed by atoms with E-state index in [1.54, 1.807) is 0 Å². The van der Waals surface area contributed by atoms with Gasteiger partial charge >= 0.3 is 0 Å². The molecular formula is C6H13N2O. The van der Waals surface area contributed by atoms with Crippen molar-refractivity contribution in [3.05, 3.63) is 6.92 Å². The number of piperazine rings is 1. The van der Waals surface area contributed by atoms with Crippen molar-refractivity contribution in [2.75, 3.05) is 26.2 Å². The third-order valence-corrected chi connectivity index (χ3v) is 1.57. The monoisotopic (exact) mass is 129 g/mol. The molecule has 0 spiro atoms. The van der Waals surface area contributed by atoms with E-state index in [0.717, 1.165) is 26.2 Å². The molecule has 0 aromatic heterocycles. The van der Waals surface area contributed by atoms with Gasteiger partial charge in [0.15, 0.2) is 0 Å². The molecule has 53 valence electrons. The largest absolute Gasteiger partial charge is 0.378 e. The summed E-state index contributed by atoms with van der Waals surface area (Å²) in [6, 6.07) is 0. The van der Waals surface area contributed by atoms with Gasteiger partial charge in [0.25, 0.3) is 0 Å². The summed E-state index contributed by atoms with van der Waals surface area (Å²) in [5.74, 6) is 0. The Labute approximate surface area is 55.7 Å². The lowest BCUT2D eigenvalue weighted by molar-refractivity contribution is 0.0310. The Morgan fingerprint density at radius 1 is 1.44 bits per heavy atom. The summed E-state index contributed by atoms with van der Waals surface area (Å²) in [5, 5.41) is 12.2. The molecule has 0 aliphatic carbocycles. The van der Waals surface area contributed by atoms with Gasteiger partial charge in [0, 0.05) is 26.2 Å². The fraction of sp³-hybridized carbons (Fsp3) is 0.833. The first kappa shape index (κ1) is 6.99. The van der Waals surface area contributed by atoms with Crippen LogP contribution in [0.4, 0.5) is 0 Å². The predicted octanol–water partition coefficient (Wildman–Crippen LogP) is -0.956. The molecular weight excluding hydrogens is 116 g/mol. The first-order valence-corrected chi connectivity index (χ1v) is 3.26. The number of nitrogens with one attached hydrogen (secondary N) is 1. The maximum atomic E-state index is 8.96. The van der Waals surface area contributed by atoms with Gasteiger partial charge in [-0.1, -0.05) is 0 Å². The van der Waals surface area contributed by atoms with Crippen molar-refractivity contribution in [1.29, 1.82) is 0 Å². The minimum Gasteiger partial charge on any atom is -0.378 e. The first-order chi connectivity index (χ1) is 4.30. The molecule has 9 heavy (non-hydrogen) atoms. The number of nitrogens with zero attached hydrogens (tertiary/aromatic N) is 1. The summed E-state index contributed by atoms with van der Waals surface area (Å²) < 4.78 is 0. The van der Waals surface area contributed by atoms with Crippen LogP contribution in [-0.4, -0.2) is 42.4 Å². The Balaban J connectivity index is 2.23.